The van der Waals surface area contributed by atoms with Crippen LogP contribution < -0.4 is 4.74 Å². The molecule has 0 N–H and O–H groups in total. The Morgan fingerprint density at radius 2 is 1.52 bits per heavy atom. The number of hydrogen-bond donors (Lipinski definition) is 0. The predicted octanol–water partition coefficient (Wildman–Crippen LogP) is 4.44. The number of carbonyl (C=O) groups excluding carboxylic acids is 1. The normalized spacial score (nSPS) is 12.2. The first kappa shape index (κ1) is 15.3. The van der Waals surface area contributed by atoms with E-state index in [4.69, 9.17) is 4.74 Å². The minimum absolute atomic E-state index is 0.0643. The largest absolute Gasteiger partial charge is 0.497 e. The number of hydrogen-bond acceptors (Lipinski definition) is 2. The van der Waals surface area contributed by atoms with Gasteiger partial charge in [-0.2, -0.15) is 0 Å². The van der Waals surface area contributed by atoms with Gasteiger partial charge < -0.3 is 4.74 Å². The molecule has 0 heterocycles. The SMILES string of the molecule is COc1ccc(C(CC(=O)C(C)C)c2ccccc2)cc1. The van der Waals surface area contributed by atoms with E-state index in [2.05, 4.69) is 12.1 Å². The molecule has 2 aromatic carbocycles. The lowest BCUT2D eigenvalue weighted by molar-refractivity contribution is -0.122. The number of Topliss-reactive ketones (excluding diaryl/α,β-unsaturated/α-hetero) is 1. The molecule has 0 aliphatic heterocycles. The topological polar surface area (TPSA) is 26.3 Å². The molecule has 0 saturated heterocycles. The van der Waals surface area contributed by atoms with Gasteiger partial charge >= 0.3 is 0 Å². The molecule has 0 fully saturated rings. The first-order valence-corrected chi connectivity index (χ1v) is 7.33. The van der Waals surface area contributed by atoms with Crippen molar-refractivity contribution in [1.29, 1.82) is 0 Å². The maximum absolute atomic E-state index is 12.2. The van der Waals surface area contributed by atoms with Crippen LogP contribution in [0.1, 0.15) is 37.3 Å². The highest BCUT2D eigenvalue weighted by molar-refractivity contribution is 5.81. The van der Waals surface area contributed by atoms with Crippen molar-refractivity contribution >= 4 is 5.78 Å². The molecule has 2 heteroatoms. The van der Waals surface area contributed by atoms with Gasteiger partial charge in [-0.05, 0) is 23.3 Å². The minimum Gasteiger partial charge on any atom is -0.497 e. The lowest BCUT2D eigenvalue weighted by atomic mass is 9.85. The molecule has 0 radical (unpaired) electrons. The molecule has 0 aliphatic carbocycles. The molecule has 1 atom stereocenters. The van der Waals surface area contributed by atoms with Gasteiger partial charge in [-0.15, -0.1) is 0 Å². The summed E-state index contributed by atoms with van der Waals surface area (Å²) < 4.78 is 5.21. The summed E-state index contributed by atoms with van der Waals surface area (Å²) in [5.74, 6) is 1.29. The Hall–Kier alpha value is -2.09. The molecular formula is C19H22O2. The van der Waals surface area contributed by atoms with E-state index in [1.54, 1.807) is 7.11 Å². The van der Waals surface area contributed by atoms with Crippen LogP contribution in [0.5, 0.6) is 5.75 Å². The molecule has 110 valence electrons. The number of rotatable bonds is 6. The van der Waals surface area contributed by atoms with Gasteiger partial charge in [0.05, 0.1) is 7.11 Å². The van der Waals surface area contributed by atoms with Gasteiger partial charge in [0.1, 0.15) is 11.5 Å². The van der Waals surface area contributed by atoms with E-state index in [0.29, 0.717) is 12.2 Å². The summed E-state index contributed by atoms with van der Waals surface area (Å²) in [6.07, 6.45) is 0.536. The Balaban J connectivity index is 2.32. The monoisotopic (exact) mass is 282 g/mol. The van der Waals surface area contributed by atoms with Crippen molar-refractivity contribution in [2.45, 2.75) is 26.2 Å². The molecule has 0 aromatic heterocycles. The number of ketones is 1. The van der Waals surface area contributed by atoms with Gasteiger partial charge in [-0.3, -0.25) is 4.79 Å². The third-order valence-electron chi connectivity index (χ3n) is 3.77. The van der Waals surface area contributed by atoms with E-state index in [1.807, 2.05) is 56.3 Å². The van der Waals surface area contributed by atoms with Crippen molar-refractivity contribution in [2.75, 3.05) is 7.11 Å². The van der Waals surface area contributed by atoms with Crippen LogP contribution in [0.2, 0.25) is 0 Å². The summed E-state index contributed by atoms with van der Waals surface area (Å²) in [6, 6.07) is 18.2. The molecule has 0 bridgehead atoms. The smallest absolute Gasteiger partial charge is 0.136 e. The van der Waals surface area contributed by atoms with E-state index in [0.717, 1.165) is 11.3 Å². The highest BCUT2D eigenvalue weighted by Gasteiger charge is 2.19. The Labute approximate surface area is 126 Å². The van der Waals surface area contributed by atoms with Crippen LogP contribution in [0.25, 0.3) is 0 Å². The second-order valence-corrected chi connectivity index (χ2v) is 5.56. The third-order valence-corrected chi connectivity index (χ3v) is 3.77. The Kier molecular flexibility index (Phi) is 5.15. The van der Waals surface area contributed by atoms with E-state index >= 15 is 0 Å². The standard InChI is InChI=1S/C19H22O2/c1-14(2)19(20)13-18(15-7-5-4-6-8-15)16-9-11-17(21-3)12-10-16/h4-12,14,18H,13H2,1-3H3. The van der Waals surface area contributed by atoms with Gasteiger partial charge in [0.2, 0.25) is 0 Å². The Bertz CT molecular complexity index is 570. The number of benzene rings is 2. The molecule has 2 aromatic rings. The molecular weight excluding hydrogens is 260 g/mol. The summed E-state index contributed by atoms with van der Waals surface area (Å²) in [7, 11) is 1.66. The quantitative estimate of drug-likeness (QED) is 0.783. The number of carbonyl (C=O) groups is 1. The molecule has 0 amide bonds. The van der Waals surface area contributed by atoms with E-state index in [-0.39, 0.29) is 11.8 Å². The predicted molar refractivity (Wildman–Crippen MR) is 85.7 cm³/mol. The first-order valence-electron chi connectivity index (χ1n) is 7.33. The molecule has 1 unspecified atom stereocenters. The maximum atomic E-state index is 12.2. The van der Waals surface area contributed by atoms with Crippen LogP contribution in [0.4, 0.5) is 0 Å². The van der Waals surface area contributed by atoms with Crippen LogP contribution in [-0.2, 0) is 4.79 Å². The van der Waals surface area contributed by atoms with Crippen LogP contribution in [0, 0.1) is 5.92 Å². The molecule has 2 rings (SSSR count). The summed E-state index contributed by atoms with van der Waals surface area (Å²) in [5.41, 5.74) is 2.33. The van der Waals surface area contributed by atoms with Crippen molar-refractivity contribution in [3.63, 3.8) is 0 Å². The Morgan fingerprint density at radius 1 is 0.952 bits per heavy atom. The summed E-state index contributed by atoms with van der Waals surface area (Å²) in [5, 5.41) is 0. The van der Waals surface area contributed by atoms with Crippen molar-refractivity contribution in [3.05, 3.63) is 65.7 Å². The number of methoxy groups -OCH3 is 1. The molecule has 0 aliphatic rings. The van der Waals surface area contributed by atoms with Crippen LogP contribution >= 0.6 is 0 Å². The fourth-order valence-corrected chi connectivity index (χ4v) is 2.39. The highest BCUT2D eigenvalue weighted by Crippen LogP contribution is 2.30. The van der Waals surface area contributed by atoms with Gasteiger partial charge in [-0.25, -0.2) is 0 Å². The molecule has 21 heavy (non-hydrogen) atoms. The fraction of sp³-hybridized carbons (Fsp3) is 0.316. The molecule has 2 nitrogen and oxygen atoms in total. The van der Waals surface area contributed by atoms with E-state index in [9.17, 15) is 4.79 Å². The average molecular weight is 282 g/mol. The minimum atomic E-state index is 0.0643. The number of ether oxygens (including phenoxy) is 1. The molecule has 0 saturated carbocycles. The first-order chi connectivity index (χ1) is 10.1. The van der Waals surface area contributed by atoms with Gasteiger partial charge in [-0.1, -0.05) is 56.3 Å². The van der Waals surface area contributed by atoms with Crippen molar-refractivity contribution in [3.8, 4) is 5.75 Å². The maximum Gasteiger partial charge on any atom is 0.136 e. The zero-order valence-electron chi connectivity index (χ0n) is 12.9. The lowest BCUT2D eigenvalue weighted by Gasteiger charge is -2.19. The van der Waals surface area contributed by atoms with E-state index < -0.39 is 0 Å². The Morgan fingerprint density at radius 3 is 2.05 bits per heavy atom. The average Bonchev–Trinajstić information content (AvgIpc) is 2.53. The zero-order valence-corrected chi connectivity index (χ0v) is 12.9. The lowest BCUT2D eigenvalue weighted by Crippen LogP contribution is -2.13. The molecule has 0 spiro atoms. The summed E-state index contributed by atoms with van der Waals surface area (Å²) in [4.78, 5) is 12.2. The highest BCUT2D eigenvalue weighted by atomic mass is 16.5. The fourth-order valence-electron chi connectivity index (χ4n) is 2.39. The van der Waals surface area contributed by atoms with Crippen molar-refractivity contribution in [2.24, 2.45) is 5.92 Å². The summed E-state index contributed by atoms with van der Waals surface area (Å²) >= 11 is 0. The van der Waals surface area contributed by atoms with Crippen LogP contribution in [0.15, 0.2) is 54.6 Å². The zero-order chi connectivity index (χ0) is 15.2. The van der Waals surface area contributed by atoms with Gasteiger partial charge in [0.15, 0.2) is 0 Å². The van der Waals surface area contributed by atoms with Crippen molar-refractivity contribution in [1.82, 2.24) is 0 Å². The second-order valence-electron chi connectivity index (χ2n) is 5.56. The third kappa shape index (κ3) is 3.94. The van der Waals surface area contributed by atoms with Crippen LogP contribution in [0.3, 0.4) is 0 Å². The van der Waals surface area contributed by atoms with Gasteiger partial charge in [0, 0.05) is 18.3 Å². The van der Waals surface area contributed by atoms with E-state index in [1.165, 1.54) is 5.56 Å². The second kappa shape index (κ2) is 7.07. The summed E-state index contributed by atoms with van der Waals surface area (Å²) in [6.45, 7) is 3.91. The van der Waals surface area contributed by atoms with Crippen molar-refractivity contribution < 1.29 is 9.53 Å². The van der Waals surface area contributed by atoms with Crippen LogP contribution in [-0.4, -0.2) is 12.9 Å². The van der Waals surface area contributed by atoms with Gasteiger partial charge in [0.25, 0.3) is 0 Å².